The molecule has 0 saturated carbocycles. The molecule has 0 aliphatic carbocycles. The van der Waals surface area contributed by atoms with Gasteiger partial charge in [-0.3, -0.25) is 0 Å². The van der Waals surface area contributed by atoms with Crippen LogP contribution in [0.1, 0.15) is 22.1 Å². The molecule has 5 nitrogen and oxygen atoms in total. The Balaban J connectivity index is 1.88. The number of benzene rings is 4. The average molecular weight is 502 g/mol. The third-order valence-corrected chi connectivity index (χ3v) is 10.0. The van der Waals surface area contributed by atoms with Crippen LogP contribution in [0.2, 0.25) is 0 Å². The molecule has 0 N–H and O–H groups in total. The number of nitrogens with zero attached hydrogens (tertiary/aromatic N) is 1. The molecule has 1 unspecified atom stereocenters. The Bertz CT molecular complexity index is 1720. The van der Waals surface area contributed by atoms with Crippen molar-refractivity contribution in [3.63, 3.8) is 0 Å². The highest BCUT2D eigenvalue weighted by molar-refractivity contribution is 7.92. The van der Waals surface area contributed by atoms with Crippen LogP contribution in [0.4, 0.5) is 0 Å². The smallest absolute Gasteiger partial charge is 0.236 e. The second kappa shape index (κ2) is 8.83. The van der Waals surface area contributed by atoms with Gasteiger partial charge in [0.05, 0.1) is 21.0 Å². The molecule has 7 heteroatoms. The third-order valence-electron chi connectivity index (χ3n) is 6.06. The lowest BCUT2D eigenvalue weighted by Gasteiger charge is -2.22. The van der Waals surface area contributed by atoms with Crippen molar-refractivity contribution in [3.05, 3.63) is 132 Å². The molecule has 0 spiro atoms. The predicted octanol–water partition coefficient (Wildman–Crippen LogP) is 5.75. The van der Waals surface area contributed by atoms with Crippen LogP contribution in [0.3, 0.4) is 0 Å². The monoisotopic (exact) mass is 501 g/mol. The summed E-state index contributed by atoms with van der Waals surface area (Å²) in [6.45, 7) is 1.74. The first-order valence-electron chi connectivity index (χ1n) is 11.1. The molecule has 1 heterocycles. The maximum atomic E-state index is 14.2. The van der Waals surface area contributed by atoms with E-state index in [-0.39, 0.29) is 15.5 Å². The van der Waals surface area contributed by atoms with Crippen molar-refractivity contribution < 1.29 is 16.8 Å². The molecular weight excluding hydrogens is 478 g/mol. The molecule has 176 valence electrons. The van der Waals surface area contributed by atoms with Crippen LogP contribution in [-0.4, -0.2) is 20.8 Å². The zero-order valence-electron chi connectivity index (χ0n) is 18.9. The zero-order chi connectivity index (χ0) is 24.6. The van der Waals surface area contributed by atoms with Gasteiger partial charge in [0.15, 0.2) is 9.84 Å². The summed E-state index contributed by atoms with van der Waals surface area (Å²) in [6, 6.07) is 32.3. The van der Waals surface area contributed by atoms with Crippen LogP contribution >= 0.6 is 0 Å². The molecule has 35 heavy (non-hydrogen) atoms. The van der Waals surface area contributed by atoms with Gasteiger partial charge in [0.1, 0.15) is 5.25 Å². The minimum atomic E-state index is -4.11. The van der Waals surface area contributed by atoms with Crippen molar-refractivity contribution >= 4 is 30.8 Å². The average Bonchev–Trinajstić information content (AvgIpc) is 3.25. The Hall–Kier alpha value is -3.68. The molecule has 4 aromatic carbocycles. The molecule has 0 amide bonds. The van der Waals surface area contributed by atoms with E-state index in [1.165, 1.54) is 16.1 Å². The topological polar surface area (TPSA) is 73.2 Å². The lowest BCUT2D eigenvalue weighted by atomic mass is 10.1. The van der Waals surface area contributed by atoms with Gasteiger partial charge in [0.2, 0.25) is 0 Å². The van der Waals surface area contributed by atoms with Crippen LogP contribution in [0.15, 0.2) is 125 Å². The highest BCUT2D eigenvalue weighted by Crippen LogP contribution is 2.40. The molecule has 0 radical (unpaired) electrons. The summed E-state index contributed by atoms with van der Waals surface area (Å²) >= 11 is 0. The van der Waals surface area contributed by atoms with E-state index in [0.29, 0.717) is 22.0 Å². The standard InChI is InChI=1S/C28H23NO4S2/c1-21-12-8-11-19-27(21)34(30,31)28(22-13-4-2-5-14-22)26-20-23-15-9-10-18-25(23)29(26)35(32,33)24-16-6-3-7-17-24/h2-20,28H,1H3. The maximum absolute atomic E-state index is 14.2. The lowest BCUT2D eigenvalue weighted by Crippen LogP contribution is -2.23. The van der Waals surface area contributed by atoms with Crippen molar-refractivity contribution in [3.8, 4) is 0 Å². The normalized spacial score (nSPS) is 13.1. The fourth-order valence-electron chi connectivity index (χ4n) is 4.44. The van der Waals surface area contributed by atoms with Gasteiger partial charge in [-0.2, -0.15) is 0 Å². The fraction of sp³-hybridized carbons (Fsp3) is 0.0714. The minimum absolute atomic E-state index is 0.0858. The van der Waals surface area contributed by atoms with E-state index < -0.39 is 25.1 Å². The summed E-state index contributed by atoms with van der Waals surface area (Å²) in [7, 11) is -8.14. The number of hydrogen-bond acceptors (Lipinski definition) is 4. The molecule has 5 aromatic rings. The molecular formula is C28H23NO4S2. The van der Waals surface area contributed by atoms with Gasteiger partial charge in [0.25, 0.3) is 10.0 Å². The van der Waals surface area contributed by atoms with Crippen LogP contribution in [0.25, 0.3) is 10.9 Å². The number of sulfone groups is 1. The summed E-state index contributed by atoms with van der Waals surface area (Å²) in [4.78, 5) is 0.255. The van der Waals surface area contributed by atoms with E-state index in [1.54, 1.807) is 110 Å². The Kier molecular flexibility index (Phi) is 5.83. The fourth-order valence-corrected chi connectivity index (χ4v) is 8.12. The predicted molar refractivity (Wildman–Crippen MR) is 138 cm³/mol. The van der Waals surface area contributed by atoms with Crippen molar-refractivity contribution in [1.29, 1.82) is 0 Å². The zero-order valence-corrected chi connectivity index (χ0v) is 20.6. The summed E-state index contributed by atoms with van der Waals surface area (Å²) in [6.07, 6.45) is 0. The van der Waals surface area contributed by atoms with Crippen molar-refractivity contribution in [2.45, 2.75) is 22.0 Å². The van der Waals surface area contributed by atoms with E-state index in [1.807, 2.05) is 0 Å². The van der Waals surface area contributed by atoms with E-state index in [0.717, 1.165) is 0 Å². The Labute approximate surface area is 205 Å². The number of fused-ring (bicyclic) bond motifs is 1. The second-order valence-electron chi connectivity index (χ2n) is 8.31. The quantitative estimate of drug-likeness (QED) is 0.297. The van der Waals surface area contributed by atoms with Gasteiger partial charge < -0.3 is 0 Å². The van der Waals surface area contributed by atoms with Crippen molar-refractivity contribution in [1.82, 2.24) is 3.97 Å². The maximum Gasteiger partial charge on any atom is 0.268 e. The Morgan fingerprint density at radius 2 is 1.23 bits per heavy atom. The van der Waals surface area contributed by atoms with E-state index >= 15 is 0 Å². The second-order valence-corrected chi connectivity index (χ2v) is 12.1. The molecule has 0 fully saturated rings. The van der Waals surface area contributed by atoms with E-state index in [9.17, 15) is 16.8 Å². The molecule has 0 aliphatic rings. The molecule has 0 saturated heterocycles. The highest BCUT2D eigenvalue weighted by Gasteiger charge is 2.37. The van der Waals surface area contributed by atoms with Gasteiger partial charge >= 0.3 is 0 Å². The van der Waals surface area contributed by atoms with Crippen LogP contribution in [-0.2, 0) is 19.9 Å². The first kappa shape index (κ1) is 23.1. The number of aryl methyl sites for hydroxylation is 1. The van der Waals surface area contributed by atoms with E-state index in [2.05, 4.69) is 0 Å². The molecule has 5 rings (SSSR count). The van der Waals surface area contributed by atoms with Crippen molar-refractivity contribution in [2.75, 3.05) is 0 Å². The van der Waals surface area contributed by atoms with Gasteiger partial charge in [-0.1, -0.05) is 84.9 Å². The summed E-state index contributed by atoms with van der Waals surface area (Å²) < 4.78 is 57.6. The number of aromatic nitrogens is 1. The van der Waals surface area contributed by atoms with Gasteiger partial charge in [0, 0.05) is 5.39 Å². The minimum Gasteiger partial charge on any atom is -0.236 e. The number of rotatable bonds is 6. The first-order valence-corrected chi connectivity index (χ1v) is 14.1. The van der Waals surface area contributed by atoms with Crippen LogP contribution in [0, 0.1) is 6.92 Å². The largest absolute Gasteiger partial charge is 0.268 e. The molecule has 1 aromatic heterocycles. The molecule has 0 bridgehead atoms. The van der Waals surface area contributed by atoms with Crippen LogP contribution in [0.5, 0.6) is 0 Å². The van der Waals surface area contributed by atoms with Crippen molar-refractivity contribution in [2.24, 2.45) is 0 Å². The number of para-hydroxylation sites is 1. The summed E-state index contributed by atoms with van der Waals surface area (Å²) in [5.74, 6) is 0. The summed E-state index contributed by atoms with van der Waals surface area (Å²) in [5, 5.41) is -0.599. The van der Waals surface area contributed by atoms with E-state index in [4.69, 9.17) is 0 Å². The Morgan fingerprint density at radius 3 is 1.91 bits per heavy atom. The first-order chi connectivity index (χ1) is 16.8. The summed E-state index contributed by atoms with van der Waals surface area (Å²) in [5.41, 5.74) is 1.68. The lowest BCUT2D eigenvalue weighted by molar-refractivity contribution is 0.581. The van der Waals surface area contributed by atoms with Crippen LogP contribution < -0.4 is 0 Å². The SMILES string of the molecule is Cc1ccccc1S(=O)(=O)C(c1ccccc1)c1cc2ccccc2n1S(=O)(=O)c1ccccc1. The third kappa shape index (κ3) is 3.96. The van der Waals surface area contributed by atoms with Gasteiger partial charge in [-0.25, -0.2) is 20.8 Å². The number of hydrogen-bond donors (Lipinski definition) is 0. The molecule has 1 atom stereocenters. The van der Waals surface area contributed by atoms with Gasteiger partial charge in [-0.15, -0.1) is 0 Å². The Morgan fingerprint density at radius 1 is 0.657 bits per heavy atom. The highest BCUT2D eigenvalue weighted by atomic mass is 32.2. The van der Waals surface area contributed by atoms with Gasteiger partial charge in [-0.05, 0) is 48.4 Å². The molecule has 0 aliphatic heterocycles.